The van der Waals surface area contributed by atoms with Crippen LogP contribution in [-0.4, -0.2) is 30.1 Å². The lowest BCUT2D eigenvalue weighted by atomic mass is 10.2. The van der Waals surface area contributed by atoms with Crippen molar-refractivity contribution in [3.8, 4) is 0 Å². The largest absolute Gasteiger partial charge is 0.310 e. The average molecular weight is 240 g/mol. The van der Waals surface area contributed by atoms with Crippen molar-refractivity contribution in [1.82, 2.24) is 10.2 Å². The number of hydrogen-bond donors (Lipinski definition) is 1. The van der Waals surface area contributed by atoms with Gasteiger partial charge in [-0.15, -0.1) is 11.3 Å². The van der Waals surface area contributed by atoms with Crippen molar-refractivity contribution in [2.75, 3.05) is 13.1 Å². The minimum absolute atomic E-state index is 0.602. The third-order valence-electron chi connectivity index (χ3n) is 2.91. The van der Waals surface area contributed by atoms with Gasteiger partial charge in [0.25, 0.3) is 0 Å². The number of rotatable bonds is 7. The Kier molecular flexibility index (Phi) is 6.03. The van der Waals surface area contributed by atoms with E-state index in [-0.39, 0.29) is 0 Å². The summed E-state index contributed by atoms with van der Waals surface area (Å²) in [6.07, 6.45) is 0. The zero-order chi connectivity index (χ0) is 12.0. The molecule has 0 aromatic carbocycles. The van der Waals surface area contributed by atoms with E-state index < -0.39 is 0 Å². The molecular formula is C13H24N2S. The van der Waals surface area contributed by atoms with Crippen LogP contribution in [0.4, 0.5) is 0 Å². The third-order valence-corrected chi connectivity index (χ3v) is 3.79. The summed E-state index contributed by atoms with van der Waals surface area (Å²) in [6, 6.07) is 5.52. The standard InChI is InChI=1S/C13H24N2S/c1-5-15(11(2)3)12(4)9-14-10-13-7-6-8-16-13/h6-8,11-12,14H,5,9-10H2,1-4H3. The van der Waals surface area contributed by atoms with E-state index in [2.05, 4.69) is 55.4 Å². The molecule has 0 spiro atoms. The first kappa shape index (κ1) is 13.7. The zero-order valence-corrected chi connectivity index (χ0v) is 11.7. The van der Waals surface area contributed by atoms with Crippen LogP contribution in [0.5, 0.6) is 0 Å². The molecule has 1 heterocycles. The maximum Gasteiger partial charge on any atom is 0.0300 e. The van der Waals surface area contributed by atoms with Crippen LogP contribution in [0.2, 0.25) is 0 Å². The summed E-state index contributed by atoms with van der Waals surface area (Å²) < 4.78 is 0. The molecule has 16 heavy (non-hydrogen) atoms. The van der Waals surface area contributed by atoms with Crippen LogP contribution < -0.4 is 5.32 Å². The van der Waals surface area contributed by atoms with Crippen molar-refractivity contribution >= 4 is 11.3 Å². The fraction of sp³-hybridized carbons (Fsp3) is 0.692. The molecule has 1 aromatic rings. The molecule has 0 saturated heterocycles. The van der Waals surface area contributed by atoms with E-state index in [1.807, 2.05) is 11.3 Å². The van der Waals surface area contributed by atoms with Gasteiger partial charge in [-0.3, -0.25) is 4.90 Å². The Labute approximate surface area is 104 Å². The maximum absolute atomic E-state index is 3.53. The summed E-state index contributed by atoms with van der Waals surface area (Å²) >= 11 is 1.82. The Morgan fingerprint density at radius 1 is 1.38 bits per heavy atom. The maximum atomic E-state index is 3.53. The van der Waals surface area contributed by atoms with E-state index in [0.717, 1.165) is 19.6 Å². The molecule has 2 nitrogen and oxygen atoms in total. The van der Waals surface area contributed by atoms with Gasteiger partial charge in [-0.25, -0.2) is 0 Å². The Morgan fingerprint density at radius 3 is 2.62 bits per heavy atom. The average Bonchev–Trinajstić information content (AvgIpc) is 2.71. The number of thiophene rings is 1. The van der Waals surface area contributed by atoms with E-state index in [1.54, 1.807) is 0 Å². The van der Waals surface area contributed by atoms with Gasteiger partial charge >= 0.3 is 0 Å². The Bertz CT molecular complexity index is 269. The van der Waals surface area contributed by atoms with Crippen LogP contribution in [0.25, 0.3) is 0 Å². The quantitative estimate of drug-likeness (QED) is 0.788. The lowest BCUT2D eigenvalue weighted by molar-refractivity contribution is 0.170. The fourth-order valence-electron chi connectivity index (χ4n) is 2.12. The predicted molar refractivity (Wildman–Crippen MR) is 73.0 cm³/mol. The number of nitrogens with zero attached hydrogens (tertiary/aromatic N) is 1. The van der Waals surface area contributed by atoms with Gasteiger partial charge in [0.15, 0.2) is 0 Å². The van der Waals surface area contributed by atoms with Crippen molar-refractivity contribution in [3.05, 3.63) is 22.4 Å². The molecule has 0 saturated carbocycles. The molecule has 0 bridgehead atoms. The highest BCUT2D eigenvalue weighted by Crippen LogP contribution is 2.08. The van der Waals surface area contributed by atoms with Gasteiger partial charge in [0.1, 0.15) is 0 Å². The number of hydrogen-bond acceptors (Lipinski definition) is 3. The van der Waals surface area contributed by atoms with Crippen LogP contribution >= 0.6 is 11.3 Å². The van der Waals surface area contributed by atoms with E-state index in [4.69, 9.17) is 0 Å². The highest BCUT2D eigenvalue weighted by molar-refractivity contribution is 7.09. The smallest absolute Gasteiger partial charge is 0.0300 e. The van der Waals surface area contributed by atoms with E-state index in [9.17, 15) is 0 Å². The lowest BCUT2D eigenvalue weighted by Crippen LogP contribution is -2.43. The molecule has 0 fully saturated rings. The summed E-state index contributed by atoms with van der Waals surface area (Å²) in [5.74, 6) is 0. The van der Waals surface area contributed by atoms with Crippen molar-refractivity contribution in [2.24, 2.45) is 0 Å². The summed E-state index contributed by atoms with van der Waals surface area (Å²) in [6.45, 7) is 12.2. The molecule has 1 N–H and O–H groups in total. The molecule has 0 aliphatic carbocycles. The van der Waals surface area contributed by atoms with Gasteiger partial charge in [0, 0.05) is 30.1 Å². The topological polar surface area (TPSA) is 15.3 Å². The molecule has 1 rings (SSSR count). The summed E-state index contributed by atoms with van der Waals surface area (Å²) in [7, 11) is 0. The molecule has 1 aromatic heterocycles. The highest BCUT2D eigenvalue weighted by atomic mass is 32.1. The van der Waals surface area contributed by atoms with Crippen LogP contribution in [-0.2, 0) is 6.54 Å². The highest BCUT2D eigenvalue weighted by Gasteiger charge is 2.14. The molecule has 1 atom stereocenters. The number of nitrogens with one attached hydrogen (secondary N) is 1. The third kappa shape index (κ3) is 4.24. The molecule has 0 amide bonds. The zero-order valence-electron chi connectivity index (χ0n) is 10.9. The normalized spacial score (nSPS) is 13.6. The van der Waals surface area contributed by atoms with Crippen LogP contribution in [0.3, 0.4) is 0 Å². The second-order valence-electron chi connectivity index (χ2n) is 4.48. The fourth-order valence-corrected chi connectivity index (χ4v) is 2.79. The molecule has 3 heteroatoms. The van der Waals surface area contributed by atoms with Crippen LogP contribution in [0.1, 0.15) is 32.6 Å². The van der Waals surface area contributed by atoms with Crippen LogP contribution in [0, 0.1) is 0 Å². The molecule has 1 unspecified atom stereocenters. The second-order valence-corrected chi connectivity index (χ2v) is 5.52. The predicted octanol–water partition coefficient (Wildman–Crippen LogP) is 2.96. The van der Waals surface area contributed by atoms with Gasteiger partial charge < -0.3 is 5.32 Å². The van der Waals surface area contributed by atoms with Gasteiger partial charge in [-0.05, 0) is 38.8 Å². The minimum Gasteiger partial charge on any atom is -0.310 e. The Morgan fingerprint density at radius 2 is 2.12 bits per heavy atom. The number of likely N-dealkylation sites (N-methyl/N-ethyl adjacent to an activating group) is 1. The SMILES string of the molecule is CCN(C(C)C)C(C)CNCc1cccs1. The second kappa shape index (κ2) is 7.05. The van der Waals surface area contributed by atoms with Gasteiger partial charge in [0.05, 0.1) is 0 Å². The van der Waals surface area contributed by atoms with Crippen molar-refractivity contribution in [3.63, 3.8) is 0 Å². The van der Waals surface area contributed by atoms with Crippen molar-refractivity contribution < 1.29 is 0 Å². The summed E-state index contributed by atoms with van der Waals surface area (Å²) in [4.78, 5) is 3.93. The van der Waals surface area contributed by atoms with Gasteiger partial charge in [-0.2, -0.15) is 0 Å². The van der Waals surface area contributed by atoms with Gasteiger partial charge in [-0.1, -0.05) is 13.0 Å². The lowest BCUT2D eigenvalue weighted by Gasteiger charge is -2.31. The Balaban J connectivity index is 2.26. The molecular weight excluding hydrogens is 216 g/mol. The molecule has 0 radical (unpaired) electrons. The van der Waals surface area contributed by atoms with E-state index in [1.165, 1.54) is 4.88 Å². The summed E-state index contributed by atoms with van der Waals surface area (Å²) in [5, 5.41) is 5.66. The van der Waals surface area contributed by atoms with Crippen molar-refractivity contribution in [1.29, 1.82) is 0 Å². The first-order valence-corrected chi connectivity index (χ1v) is 7.02. The van der Waals surface area contributed by atoms with E-state index in [0.29, 0.717) is 12.1 Å². The Hall–Kier alpha value is -0.380. The molecule has 92 valence electrons. The molecule has 0 aliphatic rings. The first-order chi connectivity index (χ1) is 7.65. The monoisotopic (exact) mass is 240 g/mol. The first-order valence-electron chi connectivity index (χ1n) is 6.14. The van der Waals surface area contributed by atoms with Crippen LogP contribution in [0.15, 0.2) is 17.5 Å². The molecule has 0 aliphatic heterocycles. The van der Waals surface area contributed by atoms with Gasteiger partial charge in [0.2, 0.25) is 0 Å². The van der Waals surface area contributed by atoms with Crippen molar-refractivity contribution in [2.45, 2.75) is 46.3 Å². The minimum atomic E-state index is 0.602. The van der Waals surface area contributed by atoms with E-state index >= 15 is 0 Å². The summed E-state index contributed by atoms with van der Waals surface area (Å²) in [5.41, 5.74) is 0.